The summed E-state index contributed by atoms with van der Waals surface area (Å²) in [5, 5.41) is 2.35. The van der Waals surface area contributed by atoms with E-state index in [1.54, 1.807) is 6.07 Å². The molecule has 0 aromatic carbocycles. The Balaban J connectivity index is 2.84. The van der Waals surface area contributed by atoms with Crippen LogP contribution in [0.5, 0.6) is 0 Å². The van der Waals surface area contributed by atoms with Gasteiger partial charge in [0.15, 0.2) is 5.82 Å². The summed E-state index contributed by atoms with van der Waals surface area (Å²) in [6, 6.07) is 1.57. The number of aromatic nitrogens is 1. The molecule has 0 atom stereocenters. The summed E-state index contributed by atoms with van der Waals surface area (Å²) in [7, 11) is 0. The number of nitrogens with one attached hydrogen (secondary N) is 1. The molecule has 0 saturated carbocycles. The van der Waals surface area contributed by atoms with Crippen molar-refractivity contribution >= 4 is 29.0 Å². The fourth-order valence-corrected chi connectivity index (χ4v) is 1.19. The number of rotatable bonds is 3. The van der Waals surface area contributed by atoms with E-state index in [1.165, 1.54) is 6.20 Å². The van der Waals surface area contributed by atoms with Crippen LogP contribution in [0.1, 0.15) is 5.69 Å². The Morgan fingerprint density at radius 1 is 1.75 bits per heavy atom. The SMILES string of the molecule is O=CNCc1nccc(I)c1F. The van der Waals surface area contributed by atoms with Crippen molar-refractivity contribution in [3.63, 3.8) is 0 Å². The monoisotopic (exact) mass is 280 g/mol. The van der Waals surface area contributed by atoms with Gasteiger partial charge in [-0.05, 0) is 28.7 Å². The molecule has 5 heteroatoms. The molecule has 0 saturated heterocycles. The van der Waals surface area contributed by atoms with E-state index >= 15 is 0 Å². The molecule has 0 aliphatic carbocycles. The van der Waals surface area contributed by atoms with E-state index in [2.05, 4.69) is 10.3 Å². The van der Waals surface area contributed by atoms with Crippen molar-refractivity contribution < 1.29 is 9.18 Å². The van der Waals surface area contributed by atoms with Gasteiger partial charge in [0.25, 0.3) is 0 Å². The van der Waals surface area contributed by atoms with Crippen LogP contribution >= 0.6 is 22.6 Å². The van der Waals surface area contributed by atoms with Gasteiger partial charge in [-0.25, -0.2) is 4.39 Å². The van der Waals surface area contributed by atoms with E-state index in [4.69, 9.17) is 0 Å². The largest absolute Gasteiger partial charge is 0.353 e. The van der Waals surface area contributed by atoms with Crippen molar-refractivity contribution in [3.8, 4) is 0 Å². The van der Waals surface area contributed by atoms with Gasteiger partial charge in [0, 0.05) is 6.20 Å². The van der Waals surface area contributed by atoms with Crippen LogP contribution in [0.15, 0.2) is 12.3 Å². The number of pyridine rings is 1. The Morgan fingerprint density at radius 3 is 3.17 bits per heavy atom. The van der Waals surface area contributed by atoms with Crippen LogP contribution in [0.2, 0.25) is 0 Å². The topological polar surface area (TPSA) is 42.0 Å². The molecule has 0 unspecified atom stereocenters. The molecule has 1 aromatic rings. The predicted octanol–water partition coefficient (Wildman–Crippen LogP) is 1.07. The third-order valence-electron chi connectivity index (χ3n) is 1.27. The lowest BCUT2D eigenvalue weighted by molar-refractivity contribution is -0.109. The maximum absolute atomic E-state index is 13.1. The first-order chi connectivity index (χ1) is 5.75. The highest BCUT2D eigenvalue weighted by Gasteiger charge is 2.05. The Morgan fingerprint density at radius 2 is 2.50 bits per heavy atom. The van der Waals surface area contributed by atoms with E-state index in [-0.39, 0.29) is 18.1 Å². The van der Waals surface area contributed by atoms with Crippen LogP contribution in [0, 0.1) is 9.39 Å². The average molecular weight is 280 g/mol. The summed E-state index contributed by atoms with van der Waals surface area (Å²) in [6.45, 7) is 0.131. The number of hydrogen-bond acceptors (Lipinski definition) is 2. The van der Waals surface area contributed by atoms with Crippen molar-refractivity contribution in [2.75, 3.05) is 0 Å². The molecule has 0 radical (unpaired) electrons. The molecule has 1 heterocycles. The van der Waals surface area contributed by atoms with Gasteiger partial charge >= 0.3 is 0 Å². The van der Waals surface area contributed by atoms with E-state index in [0.717, 1.165) is 0 Å². The predicted molar refractivity (Wildman–Crippen MR) is 49.8 cm³/mol. The number of hydrogen-bond donors (Lipinski definition) is 1. The molecule has 1 aromatic heterocycles. The Kier molecular flexibility index (Phi) is 3.39. The van der Waals surface area contributed by atoms with Gasteiger partial charge in [0.1, 0.15) is 0 Å². The highest BCUT2D eigenvalue weighted by atomic mass is 127. The summed E-state index contributed by atoms with van der Waals surface area (Å²) in [5.41, 5.74) is 0.258. The number of carbonyl (C=O) groups is 1. The molecule has 0 aliphatic rings. The second-order valence-corrected chi connectivity index (χ2v) is 3.21. The highest BCUT2D eigenvalue weighted by molar-refractivity contribution is 14.1. The summed E-state index contributed by atoms with van der Waals surface area (Å²) in [4.78, 5) is 13.7. The minimum Gasteiger partial charge on any atom is -0.353 e. The Labute approximate surface area is 82.5 Å². The molecular weight excluding hydrogens is 274 g/mol. The molecule has 0 aliphatic heterocycles. The van der Waals surface area contributed by atoms with E-state index in [0.29, 0.717) is 9.98 Å². The quantitative estimate of drug-likeness (QED) is 0.664. The fourth-order valence-electron chi connectivity index (χ4n) is 0.722. The van der Waals surface area contributed by atoms with Crippen molar-refractivity contribution in [2.45, 2.75) is 6.54 Å². The first-order valence-corrected chi connectivity index (χ1v) is 4.29. The summed E-state index contributed by atoms with van der Waals surface area (Å²) >= 11 is 1.87. The molecule has 0 bridgehead atoms. The zero-order valence-electron chi connectivity index (χ0n) is 6.05. The Hall–Kier alpha value is -0.720. The van der Waals surface area contributed by atoms with Gasteiger partial charge in [-0.1, -0.05) is 0 Å². The number of nitrogens with zero attached hydrogens (tertiary/aromatic N) is 1. The minimum atomic E-state index is -0.368. The maximum atomic E-state index is 13.1. The van der Waals surface area contributed by atoms with Crippen LogP contribution < -0.4 is 5.32 Å². The van der Waals surface area contributed by atoms with Crippen LogP contribution in [0.4, 0.5) is 4.39 Å². The molecule has 1 N–H and O–H groups in total. The third-order valence-corrected chi connectivity index (χ3v) is 2.10. The first-order valence-electron chi connectivity index (χ1n) is 3.21. The molecule has 1 amide bonds. The second-order valence-electron chi connectivity index (χ2n) is 2.05. The molecular formula is C7H6FIN2O. The van der Waals surface area contributed by atoms with E-state index in [9.17, 15) is 9.18 Å². The normalized spacial score (nSPS) is 9.50. The number of halogens is 2. The van der Waals surface area contributed by atoms with Gasteiger partial charge in [-0.3, -0.25) is 9.78 Å². The fraction of sp³-hybridized carbons (Fsp3) is 0.143. The van der Waals surface area contributed by atoms with Crippen molar-refractivity contribution in [1.82, 2.24) is 10.3 Å². The van der Waals surface area contributed by atoms with E-state index < -0.39 is 0 Å². The van der Waals surface area contributed by atoms with Crippen molar-refractivity contribution in [2.24, 2.45) is 0 Å². The van der Waals surface area contributed by atoms with Gasteiger partial charge in [0.2, 0.25) is 6.41 Å². The standard InChI is InChI=1S/C7H6FIN2O/c8-7-5(9)1-2-11-6(7)3-10-4-12/h1-2,4H,3H2,(H,10,12). The smallest absolute Gasteiger partial charge is 0.207 e. The van der Waals surface area contributed by atoms with E-state index in [1.807, 2.05) is 22.6 Å². The molecule has 3 nitrogen and oxygen atoms in total. The molecule has 0 spiro atoms. The van der Waals surface area contributed by atoms with Crippen LogP contribution in [0.25, 0.3) is 0 Å². The molecule has 12 heavy (non-hydrogen) atoms. The molecule has 64 valence electrons. The number of carbonyl (C=O) groups excluding carboxylic acids is 1. The van der Waals surface area contributed by atoms with Crippen LogP contribution in [-0.4, -0.2) is 11.4 Å². The van der Waals surface area contributed by atoms with Crippen LogP contribution in [-0.2, 0) is 11.3 Å². The van der Waals surface area contributed by atoms with Crippen molar-refractivity contribution in [3.05, 3.63) is 27.3 Å². The Bertz CT molecular complexity index is 293. The first kappa shape index (κ1) is 9.37. The molecule has 0 fully saturated rings. The highest BCUT2D eigenvalue weighted by Crippen LogP contribution is 2.11. The minimum absolute atomic E-state index is 0.131. The lowest BCUT2D eigenvalue weighted by Crippen LogP contribution is -2.13. The summed E-state index contributed by atoms with van der Waals surface area (Å²) in [6.07, 6.45) is 2.02. The van der Waals surface area contributed by atoms with Crippen molar-refractivity contribution in [1.29, 1.82) is 0 Å². The second kappa shape index (κ2) is 4.34. The van der Waals surface area contributed by atoms with Gasteiger partial charge in [0.05, 0.1) is 15.8 Å². The third kappa shape index (κ3) is 2.13. The lowest BCUT2D eigenvalue weighted by Gasteiger charge is -2.01. The van der Waals surface area contributed by atoms with Gasteiger partial charge < -0.3 is 5.32 Å². The van der Waals surface area contributed by atoms with Gasteiger partial charge in [-0.15, -0.1) is 0 Å². The number of amides is 1. The van der Waals surface area contributed by atoms with Crippen LogP contribution in [0.3, 0.4) is 0 Å². The zero-order chi connectivity index (χ0) is 8.97. The average Bonchev–Trinajstić information content (AvgIpc) is 2.08. The molecule has 1 rings (SSSR count). The summed E-state index contributed by atoms with van der Waals surface area (Å²) in [5.74, 6) is -0.368. The summed E-state index contributed by atoms with van der Waals surface area (Å²) < 4.78 is 13.6. The lowest BCUT2D eigenvalue weighted by atomic mass is 10.3. The maximum Gasteiger partial charge on any atom is 0.207 e. The zero-order valence-corrected chi connectivity index (χ0v) is 8.21. The van der Waals surface area contributed by atoms with Gasteiger partial charge in [-0.2, -0.15) is 0 Å².